The van der Waals surface area contributed by atoms with Gasteiger partial charge in [-0.15, -0.1) is 0 Å². The Morgan fingerprint density at radius 1 is 0.299 bits per heavy atom. The molecule has 9 heteroatoms. The van der Waals surface area contributed by atoms with Crippen molar-refractivity contribution in [3.8, 4) is 33.9 Å². The smallest absolute Gasteiger partial charge is 0.133 e. The average molecular weight is 1010 g/mol. The Labute approximate surface area is 447 Å². The van der Waals surface area contributed by atoms with Crippen LogP contribution in [-0.4, -0.2) is 27.8 Å². The molecule has 0 saturated carbocycles. The molecule has 15 rings (SSSR count). The van der Waals surface area contributed by atoms with Gasteiger partial charge in [-0.25, -0.2) is 9.97 Å². The Balaban J connectivity index is 1.12. The molecule has 0 N–H and O–H groups in total. The van der Waals surface area contributed by atoms with Crippen LogP contribution in [-0.2, 0) is 0 Å². The van der Waals surface area contributed by atoms with Crippen LogP contribution in [0, 0.1) is 0 Å². The molecule has 11 aromatic carbocycles. The van der Waals surface area contributed by atoms with E-state index < -0.39 is 0 Å². The third-order valence-corrected chi connectivity index (χ3v) is 15.2. The van der Waals surface area contributed by atoms with Crippen molar-refractivity contribution in [1.29, 1.82) is 0 Å². The van der Waals surface area contributed by atoms with Gasteiger partial charge in [0, 0.05) is 55.4 Å². The van der Waals surface area contributed by atoms with Crippen LogP contribution in [0.3, 0.4) is 0 Å². The number of rotatable bonds is 10. The van der Waals surface area contributed by atoms with E-state index in [-0.39, 0.29) is 0 Å². The maximum Gasteiger partial charge on any atom is 0.133 e. The van der Waals surface area contributed by atoms with E-state index in [4.69, 9.17) is 18.7 Å². The quantitative estimate of drug-likeness (QED) is 0.127. The van der Waals surface area contributed by atoms with Gasteiger partial charge < -0.3 is 18.9 Å². The summed E-state index contributed by atoms with van der Waals surface area (Å²) in [6, 6.07) is 93.9. The van der Waals surface area contributed by atoms with E-state index >= 15 is 0 Å². The number of hydrogen-bond acceptors (Lipinski definition) is 7. The molecule has 77 heavy (non-hydrogen) atoms. The summed E-state index contributed by atoms with van der Waals surface area (Å²) in [5.74, 6) is 0. The highest BCUT2D eigenvalue weighted by molar-refractivity contribution is 7.00. The lowest BCUT2D eigenvalue weighted by Crippen LogP contribution is -2.16. The van der Waals surface area contributed by atoms with Crippen molar-refractivity contribution in [1.82, 2.24) is 27.8 Å². The fourth-order valence-electron chi connectivity index (χ4n) is 11.5. The molecule has 0 aliphatic rings. The number of para-hydroxylation sites is 6. The van der Waals surface area contributed by atoms with E-state index in [2.05, 4.69) is 274 Å². The van der Waals surface area contributed by atoms with Crippen molar-refractivity contribution < 1.29 is 0 Å². The van der Waals surface area contributed by atoms with Crippen LogP contribution < -0.4 is 9.80 Å². The van der Waals surface area contributed by atoms with E-state index in [1.807, 2.05) is 12.1 Å². The number of fused-ring (bicyclic) bond motifs is 8. The Morgan fingerprint density at radius 2 is 0.636 bits per heavy atom. The molecule has 362 valence electrons. The molecule has 0 amide bonds. The Hall–Kier alpha value is -10.2. The molecule has 0 aliphatic carbocycles. The van der Waals surface area contributed by atoms with Crippen LogP contribution >= 0.6 is 11.7 Å². The first-order valence-electron chi connectivity index (χ1n) is 25.7. The van der Waals surface area contributed by atoms with E-state index in [1.54, 1.807) is 0 Å². The zero-order valence-corrected chi connectivity index (χ0v) is 42.2. The fraction of sp³-hybridized carbons (Fsp3) is 0. The minimum absolute atomic E-state index is 0.672. The van der Waals surface area contributed by atoms with E-state index in [0.29, 0.717) is 22.1 Å². The molecular weight excluding hydrogens is 961 g/mol. The first-order chi connectivity index (χ1) is 38.3. The number of benzene rings is 11. The van der Waals surface area contributed by atoms with Gasteiger partial charge in [0.05, 0.1) is 56.6 Å². The summed E-state index contributed by atoms with van der Waals surface area (Å²) in [5.41, 5.74) is 18.0. The third-order valence-electron chi connectivity index (χ3n) is 14.7. The largest absolute Gasteiger partial charge is 0.309 e. The molecule has 0 saturated heterocycles. The predicted molar refractivity (Wildman–Crippen MR) is 319 cm³/mol. The SMILES string of the molecule is c1ccc(-c2nc3c(N(c4ccccc4)c4cccc5c4c4ccccc4n5-c4ccccc4)c4nsnc4c(N(c4ccccc4)c4cccc5c4c4ccccc4n5-c4ccccc4)c3nc2-c2ccccc2)cc1. The van der Waals surface area contributed by atoms with Crippen molar-refractivity contribution in [2.75, 3.05) is 9.80 Å². The van der Waals surface area contributed by atoms with Gasteiger partial charge in [-0.05, 0) is 84.9 Å². The summed E-state index contributed by atoms with van der Waals surface area (Å²) in [5, 5.41) is 4.43. The average Bonchev–Trinajstić information content (AvgIpc) is 4.36. The molecule has 4 heterocycles. The molecule has 0 fully saturated rings. The molecule has 0 bridgehead atoms. The van der Waals surface area contributed by atoms with Crippen LogP contribution in [0.2, 0.25) is 0 Å². The van der Waals surface area contributed by atoms with Crippen molar-refractivity contribution in [3.05, 3.63) is 267 Å². The maximum absolute atomic E-state index is 6.00. The van der Waals surface area contributed by atoms with Crippen LogP contribution in [0.25, 0.3) is 99.6 Å². The van der Waals surface area contributed by atoms with Gasteiger partial charge in [-0.3, -0.25) is 0 Å². The van der Waals surface area contributed by atoms with Gasteiger partial charge in [0.1, 0.15) is 33.4 Å². The highest BCUT2D eigenvalue weighted by Crippen LogP contribution is 2.54. The summed E-state index contributed by atoms with van der Waals surface area (Å²) < 4.78 is 15.5. The van der Waals surface area contributed by atoms with Crippen LogP contribution in [0.1, 0.15) is 0 Å². The topological polar surface area (TPSA) is 67.9 Å². The minimum atomic E-state index is 0.672. The molecule has 0 radical (unpaired) electrons. The lowest BCUT2D eigenvalue weighted by Gasteiger charge is -2.31. The maximum atomic E-state index is 6.00. The highest BCUT2D eigenvalue weighted by atomic mass is 32.1. The summed E-state index contributed by atoms with van der Waals surface area (Å²) in [4.78, 5) is 16.7. The van der Waals surface area contributed by atoms with Crippen LogP contribution in [0.4, 0.5) is 34.1 Å². The third kappa shape index (κ3) is 7.13. The van der Waals surface area contributed by atoms with E-state index in [1.165, 1.54) is 11.7 Å². The predicted octanol–water partition coefficient (Wildman–Crippen LogP) is 18.1. The Bertz CT molecular complexity index is 4380. The monoisotopic (exact) mass is 1000 g/mol. The Kier molecular flexibility index (Phi) is 10.5. The van der Waals surface area contributed by atoms with Gasteiger partial charge in [-0.2, -0.15) is 8.75 Å². The van der Waals surface area contributed by atoms with Gasteiger partial charge in [0.15, 0.2) is 0 Å². The molecule has 8 nitrogen and oxygen atoms in total. The zero-order valence-electron chi connectivity index (χ0n) is 41.4. The van der Waals surface area contributed by atoms with Gasteiger partial charge in [0.25, 0.3) is 0 Å². The molecule has 0 spiro atoms. The fourth-order valence-corrected chi connectivity index (χ4v) is 12.1. The van der Waals surface area contributed by atoms with E-state index in [0.717, 1.165) is 112 Å². The van der Waals surface area contributed by atoms with Crippen molar-refractivity contribution in [3.63, 3.8) is 0 Å². The Morgan fingerprint density at radius 3 is 1.04 bits per heavy atom. The number of aromatic nitrogens is 6. The normalized spacial score (nSPS) is 11.6. The zero-order chi connectivity index (χ0) is 50.8. The molecule has 0 unspecified atom stereocenters. The van der Waals surface area contributed by atoms with Crippen molar-refractivity contribution in [2.45, 2.75) is 0 Å². The van der Waals surface area contributed by atoms with Gasteiger partial charge in [0.2, 0.25) is 0 Å². The first kappa shape index (κ1) is 44.3. The number of nitrogens with zero attached hydrogens (tertiary/aromatic N) is 8. The van der Waals surface area contributed by atoms with Crippen LogP contribution in [0.15, 0.2) is 267 Å². The first-order valence-corrected chi connectivity index (χ1v) is 26.5. The van der Waals surface area contributed by atoms with Gasteiger partial charge >= 0.3 is 0 Å². The van der Waals surface area contributed by atoms with Crippen molar-refractivity contribution >= 4 is 112 Å². The standard InChI is InChI=1S/C68H44N8S/c1-7-25-45(26-8-1)61-62(46-27-9-2-10-28-46)70-64-63(69-61)67(75(49-33-15-5-16-34-49)57-43-23-41-55-59(57)51-37-19-21-39-53(51)73(55)47-29-11-3-12-30-47)65-66(72-77-71-65)68(64)76(50-35-17-6-18-36-50)58-44-24-42-56-60(58)52-38-20-22-40-54(52)74(56)48-31-13-4-14-32-48/h1-44H. The summed E-state index contributed by atoms with van der Waals surface area (Å²) >= 11 is 1.21. The minimum Gasteiger partial charge on any atom is -0.309 e. The number of hydrogen-bond donors (Lipinski definition) is 0. The van der Waals surface area contributed by atoms with Crippen LogP contribution in [0.5, 0.6) is 0 Å². The van der Waals surface area contributed by atoms with Crippen molar-refractivity contribution in [2.24, 2.45) is 0 Å². The summed E-state index contributed by atoms with van der Waals surface area (Å²) in [6.07, 6.45) is 0. The van der Waals surface area contributed by atoms with Gasteiger partial charge in [-0.1, -0.05) is 182 Å². The summed E-state index contributed by atoms with van der Waals surface area (Å²) in [7, 11) is 0. The summed E-state index contributed by atoms with van der Waals surface area (Å²) in [6.45, 7) is 0. The second-order valence-corrected chi connectivity index (χ2v) is 19.6. The second-order valence-electron chi connectivity index (χ2n) is 19.1. The molecule has 0 atom stereocenters. The molecule has 4 aromatic heterocycles. The molecule has 15 aromatic rings. The highest BCUT2D eigenvalue weighted by Gasteiger charge is 2.33. The van der Waals surface area contributed by atoms with E-state index in [9.17, 15) is 0 Å². The lowest BCUT2D eigenvalue weighted by molar-refractivity contribution is 1.18. The molecule has 0 aliphatic heterocycles. The lowest BCUT2D eigenvalue weighted by atomic mass is 10.0. The number of anilines is 6. The second kappa shape index (κ2) is 18.3. The molecular formula is C68H44N8S.